The van der Waals surface area contributed by atoms with Crippen LogP contribution in [0.15, 0.2) is 0 Å². The molecule has 2 aliphatic rings. The number of hydrogen-bond donors (Lipinski definition) is 1. The Hall–Kier alpha value is -0.610. The van der Waals surface area contributed by atoms with E-state index in [4.69, 9.17) is 4.74 Å². The molecule has 98 valence electrons. The molecule has 1 saturated carbocycles. The number of nitrogens with zero attached hydrogens (tertiary/aromatic N) is 1. The summed E-state index contributed by atoms with van der Waals surface area (Å²) in [6, 6.07) is 0.308. The van der Waals surface area contributed by atoms with Gasteiger partial charge >= 0.3 is 0 Å². The lowest BCUT2D eigenvalue weighted by Gasteiger charge is -2.56. The van der Waals surface area contributed by atoms with Crippen LogP contribution in [0.4, 0.5) is 0 Å². The second kappa shape index (κ2) is 4.25. The van der Waals surface area contributed by atoms with Crippen molar-refractivity contribution >= 4 is 5.91 Å². The van der Waals surface area contributed by atoms with Crippen molar-refractivity contribution < 1.29 is 9.53 Å². The largest absolute Gasteiger partial charge is 0.381 e. The molecule has 0 aromatic heterocycles. The van der Waals surface area contributed by atoms with Crippen molar-refractivity contribution in [1.29, 1.82) is 0 Å². The highest BCUT2D eigenvalue weighted by Gasteiger charge is 2.55. The highest BCUT2D eigenvalue weighted by atomic mass is 16.5. The SMILES string of the molecule is COC1CC(N2C(=O)CNC2C(C)C)C1(C)C. The summed E-state index contributed by atoms with van der Waals surface area (Å²) >= 11 is 0. The zero-order valence-electron chi connectivity index (χ0n) is 11.5. The molecule has 0 aromatic rings. The number of hydrogen-bond acceptors (Lipinski definition) is 3. The van der Waals surface area contributed by atoms with Crippen molar-refractivity contribution in [3.8, 4) is 0 Å². The van der Waals surface area contributed by atoms with E-state index in [2.05, 4.69) is 37.9 Å². The van der Waals surface area contributed by atoms with E-state index in [-0.39, 0.29) is 23.6 Å². The van der Waals surface area contributed by atoms with Gasteiger partial charge in [0.2, 0.25) is 5.91 Å². The van der Waals surface area contributed by atoms with E-state index in [0.717, 1.165) is 6.42 Å². The maximum atomic E-state index is 12.0. The first-order valence-electron chi connectivity index (χ1n) is 6.47. The highest BCUT2D eigenvalue weighted by molar-refractivity contribution is 5.81. The third-order valence-corrected chi connectivity index (χ3v) is 4.43. The van der Waals surface area contributed by atoms with Gasteiger partial charge in [-0.3, -0.25) is 10.1 Å². The fourth-order valence-corrected chi connectivity index (χ4v) is 3.20. The number of carbonyl (C=O) groups excluding carboxylic acids is 1. The van der Waals surface area contributed by atoms with E-state index < -0.39 is 0 Å². The van der Waals surface area contributed by atoms with Crippen LogP contribution in [0.25, 0.3) is 0 Å². The molecule has 1 N–H and O–H groups in total. The van der Waals surface area contributed by atoms with Gasteiger partial charge < -0.3 is 9.64 Å². The Morgan fingerprint density at radius 3 is 2.59 bits per heavy atom. The smallest absolute Gasteiger partial charge is 0.238 e. The Labute approximate surface area is 104 Å². The Morgan fingerprint density at radius 1 is 1.47 bits per heavy atom. The Kier molecular flexibility index (Phi) is 3.21. The summed E-state index contributed by atoms with van der Waals surface area (Å²) in [5.74, 6) is 0.676. The lowest BCUT2D eigenvalue weighted by Crippen LogP contribution is -2.65. The second-order valence-electron chi connectivity index (χ2n) is 6.17. The fraction of sp³-hybridized carbons (Fsp3) is 0.923. The molecule has 2 rings (SSSR count). The van der Waals surface area contributed by atoms with Crippen molar-refractivity contribution in [3.63, 3.8) is 0 Å². The predicted molar refractivity (Wildman–Crippen MR) is 66.5 cm³/mol. The molecule has 1 heterocycles. The van der Waals surface area contributed by atoms with Gasteiger partial charge in [-0.2, -0.15) is 0 Å². The molecule has 17 heavy (non-hydrogen) atoms. The third kappa shape index (κ3) is 1.87. The third-order valence-electron chi connectivity index (χ3n) is 4.43. The summed E-state index contributed by atoms with van der Waals surface area (Å²) in [6.07, 6.45) is 1.42. The molecule has 1 saturated heterocycles. The molecule has 0 bridgehead atoms. The van der Waals surface area contributed by atoms with E-state index in [1.807, 2.05) is 0 Å². The molecule has 1 amide bonds. The molecule has 0 spiro atoms. The van der Waals surface area contributed by atoms with Crippen molar-refractivity contribution in [2.24, 2.45) is 11.3 Å². The first-order valence-corrected chi connectivity index (χ1v) is 6.47. The Bertz CT molecular complexity index is 315. The highest BCUT2D eigenvalue weighted by Crippen LogP contribution is 2.47. The monoisotopic (exact) mass is 240 g/mol. The van der Waals surface area contributed by atoms with Crippen LogP contribution >= 0.6 is 0 Å². The van der Waals surface area contributed by atoms with Crippen LogP contribution in [0.2, 0.25) is 0 Å². The maximum absolute atomic E-state index is 12.0. The minimum absolute atomic E-state index is 0.0591. The molecule has 0 radical (unpaired) electrons. The van der Waals surface area contributed by atoms with Crippen molar-refractivity contribution in [2.45, 2.75) is 52.4 Å². The Balaban J connectivity index is 2.14. The molecule has 3 unspecified atom stereocenters. The zero-order chi connectivity index (χ0) is 12.8. The van der Waals surface area contributed by atoms with Gasteiger partial charge in [-0.05, 0) is 12.3 Å². The minimum atomic E-state index is 0.0591. The normalized spacial score (nSPS) is 36.5. The van der Waals surface area contributed by atoms with E-state index in [1.54, 1.807) is 7.11 Å². The molecule has 1 aliphatic carbocycles. The van der Waals surface area contributed by atoms with E-state index in [0.29, 0.717) is 18.5 Å². The molecule has 4 heteroatoms. The molecular formula is C13H24N2O2. The predicted octanol–water partition coefficient (Wildman–Crippen LogP) is 1.21. The number of nitrogens with one attached hydrogen (secondary N) is 1. The van der Waals surface area contributed by atoms with Gasteiger partial charge in [0.1, 0.15) is 0 Å². The summed E-state index contributed by atoms with van der Waals surface area (Å²) < 4.78 is 5.46. The second-order valence-corrected chi connectivity index (χ2v) is 6.17. The quantitative estimate of drug-likeness (QED) is 0.806. The summed E-state index contributed by atoms with van der Waals surface area (Å²) in [5.41, 5.74) is 0.0591. The van der Waals surface area contributed by atoms with Crippen LogP contribution in [0, 0.1) is 11.3 Å². The molecule has 2 fully saturated rings. The number of methoxy groups -OCH3 is 1. The first-order chi connectivity index (χ1) is 7.89. The number of ether oxygens (including phenoxy) is 1. The van der Waals surface area contributed by atoms with Crippen LogP contribution in [0.3, 0.4) is 0 Å². The standard InChI is InChI=1S/C13H24N2O2/c1-8(2)12-14-7-11(16)15(12)9-6-10(17-5)13(9,3)4/h8-10,12,14H,6-7H2,1-5H3. The fourth-order valence-electron chi connectivity index (χ4n) is 3.20. The van der Waals surface area contributed by atoms with E-state index in [9.17, 15) is 4.79 Å². The summed E-state index contributed by atoms with van der Waals surface area (Å²) in [5, 5.41) is 3.31. The first kappa shape index (κ1) is 12.8. The van der Waals surface area contributed by atoms with Gasteiger partial charge in [0.15, 0.2) is 0 Å². The molecule has 0 aromatic carbocycles. The average Bonchev–Trinajstić information content (AvgIpc) is 2.60. The van der Waals surface area contributed by atoms with E-state index in [1.165, 1.54) is 0 Å². The van der Waals surface area contributed by atoms with Gasteiger partial charge in [0.05, 0.1) is 18.8 Å². The van der Waals surface area contributed by atoms with Crippen LogP contribution in [-0.4, -0.2) is 42.8 Å². The molecule has 4 nitrogen and oxygen atoms in total. The van der Waals surface area contributed by atoms with Crippen molar-refractivity contribution in [1.82, 2.24) is 10.2 Å². The van der Waals surface area contributed by atoms with Gasteiger partial charge in [-0.1, -0.05) is 27.7 Å². The lowest BCUT2D eigenvalue weighted by molar-refractivity contribution is -0.163. The topological polar surface area (TPSA) is 41.6 Å². The summed E-state index contributed by atoms with van der Waals surface area (Å²) in [6.45, 7) is 9.18. The average molecular weight is 240 g/mol. The molecule has 3 atom stereocenters. The molecule has 1 aliphatic heterocycles. The summed E-state index contributed by atoms with van der Waals surface area (Å²) in [4.78, 5) is 14.1. The van der Waals surface area contributed by atoms with Gasteiger partial charge in [0, 0.05) is 18.6 Å². The number of carbonyl (C=O) groups is 1. The Morgan fingerprint density at radius 2 is 2.12 bits per heavy atom. The lowest BCUT2D eigenvalue weighted by atomic mass is 9.63. The molecular weight excluding hydrogens is 216 g/mol. The van der Waals surface area contributed by atoms with Crippen molar-refractivity contribution in [3.05, 3.63) is 0 Å². The number of amides is 1. The number of rotatable bonds is 3. The van der Waals surface area contributed by atoms with E-state index >= 15 is 0 Å². The summed E-state index contributed by atoms with van der Waals surface area (Å²) in [7, 11) is 1.76. The van der Waals surface area contributed by atoms with Crippen LogP contribution in [0.5, 0.6) is 0 Å². The van der Waals surface area contributed by atoms with Crippen LogP contribution < -0.4 is 5.32 Å². The van der Waals surface area contributed by atoms with Crippen LogP contribution in [-0.2, 0) is 9.53 Å². The minimum Gasteiger partial charge on any atom is -0.381 e. The van der Waals surface area contributed by atoms with Gasteiger partial charge in [0.25, 0.3) is 0 Å². The van der Waals surface area contributed by atoms with Crippen LogP contribution in [0.1, 0.15) is 34.1 Å². The van der Waals surface area contributed by atoms with Gasteiger partial charge in [-0.15, -0.1) is 0 Å². The van der Waals surface area contributed by atoms with Gasteiger partial charge in [-0.25, -0.2) is 0 Å². The maximum Gasteiger partial charge on any atom is 0.238 e. The van der Waals surface area contributed by atoms with Crippen molar-refractivity contribution in [2.75, 3.05) is 13.7 Å². The zero-order valence-corrected chi connectivity index (χ0v) is 11.5.